The van der Waals surface area contributed by atoms with E-state index in [1.165, 1.54) is 11.8 Å². The molecule has 2 nitrogen and oxygen atoms in total. The van der Waals surface area contributed by atoms with E-state index >= 15 is 0 Å². The van der Waals surface area contributed by atoms with Crippen LogP contribution in [-0.2, 0) is 9.53 Å². The van der Waals surface area contributed by atoms with E-state index in [9.17, 15) is 13.6 Å². The molecule has 0 saturated heterocycles. The summed E-state index contributed by atoms with van der Waals surface area (Å²) in [5.41, 5.74) is 0. The quantitative estimate of drug-likeness (QED) is 0.462. The van der Waals surface area contributed by atoms with E-state index in [1.54, 1.807) is 0 Å². The van der Waals surface area contributed by atoms with Crippen molar-refractivity contribution in [3.05, 3.63) is 0 Å². The molecule has 0 rings (SSSR count). The van der Waals surface area contributed by atoms with Crippen molar-refractivity contribution in [3.63, 3.8) is 0 Å². The molecule has 0 aromatic rings. The Kier molecular flexibility index (Phi) is 8.62. The van der Waals surface area contributed by atoms with E-state index < -0.39 is 5.92 Å². The minimum Gasteiger partial charge on any atom is -0.462 e. The van der Waals surface area contributed by atoms with Gasteiger partial charge in [0.25, 0.3) is 0 Å². The third-order valence-corrected chi connectivity index (χ3v) is 4.12. The summed E-state index contributed by atoms with van der Waals surface area (Å²) in [6, 6.07) is 0. The molecule has 0 fully saturated rings. The molecular weight excluding hydrogens is 270 g/mol. The molecule has 0 aromatic carbocycles. The van der Waals surface area contributed by atoms with Crippen LogP contribution in [0.4, 0.5) is 8.78 Å². The van der Waals surface area contributed by atoms with E-state index in [0.29, 0.717) is 18.6 Å². The molecule has 0 N–H and O–H groups in total. The maximum atomic E-state index is 12.6. The molecule has 1 atom stereocenters. The van der Waals surface area contributed by atoms with Crippen molar-refractivity contribution in [1.29, 1.82) is 0 Å². The van der Waals surface area contributed by atoms with Gasteiger partial charge in [0, 0.05) is 6.42 Å². The molecule has 0 aliphatic heterocycles. The normalized spacial score (nSPS) is 13.9. The number of alkyl halides is 2. The monoisotopic (exact) mass is 296 g/mol. The molecule has 0 aliphatic rings. The second-order valence-corrected chi connectivity index (χ2v) is 6.80. The van der Waals surface area contributed by atoms with Crippen molar-refractivity contribution in [2.75, 3.05) is 5.75 Å². The highest BCUT2D eigenvalue weighted by atomic mass is 32.2. The van der Waals surface area contributed by atoms with Crippen LogP contribution in [0.3, 0.4) is 0 Å². The summed E-state index contributed by atoms with van der Waals surface area (Å²) in [4.78, 5) is 11.9. The van der Waals surface area contributed by atoms with Crippen LogP contribution < -0.4 is 0 Å². The smallest absolute Gasteiger partial charge is 0.319 e. The summed E-state index contributed by atoms with van der Waals surface area (Å²) in [7, 11) is 0. The predicted octanol–water partition coefficient (Wildman–Crippen LogP) is 4.52. The Labute approximate surface area is 119 Å². The number of thioether (sulfide) groups is 1. The lowest BCUT2D eigenvalue weighted by molar-refractivity contribution is -0.147. The standard InChI is InChI=1S/C14H26F2O2S/c1-10(2)12(13(17)18-11(3)4)19-9-7-6-8-14(5,15)16/h10-12H,6-9H2,1-5H3. The van der Waals surface area contributed by atoms with Crippen LogP contribution in [0.2, 0.25) is 0 Å². The second-order valence-electron chi connectivity index (χ2n) is 5.55. The third-order valence-electron chi connectivity index (χ3n) is 2.50. The first kappa shape index (κ1) is 18.7. The number of hydrogen-bond donors (Lipinski definition) is 0. The van der Waals surface area contributed by atoms with Gasteiger partial charge in [-0.05, 0) is 45.3 Å². The summed E-state index contributed by atoms with van der Waals surface area (Å²) in [6.45, 7) is 8.53. The van der Waals surface area contributed by atoms with Gasteiger partial charge in [0.05, 0.1) is 6.10 Å². The van der Waals surface area contributed by atoms with Gasteiger partial charge in [-0.2, -0.15) is 0 Å². The summed E-state index contributed by atoms with van der Waals surface area (Å²) in [5.74, 6) is -1.88. The fraction of sp³-hybridized carbons (Fsp3) is 0.929. The Balaban J connectivity index is 3.99. The minimum atomic E-state index is -2.58. The van der Waals surface area contributed by atoms with Crippen molar-refractivity contribution in [1.82, 2.24) is 0 Å². The van der Waals surface area contributed by atoms with Gasteiger partial charge >= 0.3 is 5.97 Å². The molecule has 0 saturated carbocycles. The van der Waals surface area contributed by atoms with Crippen LogP contribution >= 0.6 is 11.8 Å². The fourth-order valence-electron chi connectivity index (χ4n) is 1.58. The highest BCUT2D eigenvalue weighted by molar-refractivity contribution is 8.00. The van der Waals surface area contributed by atoms with Gasteiger partial charge in [0.2, 0.25) is 5.92 Å². The van der Waals surface area contributed by atoms with E-state index in [2.05, 4.69) is 0 Å². The first-order valence-electron chi connectivity index (χ1n) is 6.83. The molecule has 0 spiro atoms. The van der Waals surface area contributed by atoms with Gasteiger partial charge < -0.3 is 4.74 Å². The van der Waals surface area contributed by atoms with Crippen LogP contribution in [0.1, 0.15) is 53.9 Å². The molecule has 0 radical (unpaired) electrons. The zero-order valence-corrected chi connectivity index (χ0v) is 13.4. The van der Waals surface area contributed by atoms with Crippen molar-refractivity contribution in [2.45, 2.75) is 71.2 Å². The Morgan fingerprint density at radius 1 is 1.21 bits per heavy atom. The van der Waals surface area contributed by atoms with Gasteiger partial charge in [-0.15, -0.1) is 11.8 Å². The van der Waals surface area contributed by atoms with E-state index in [1.807, 2.05) is 27.7 Å². The molecule has 1 unspecified atom stereocenters. The molecule has 0 heterocycles. The van der Waals surface area contributed by atoms with Crippen LogP contribution in [0.25, 0.3) is 0 Å². The number of rotatable bonds is 9. The number of halogens is 2. The van der Waals surface area contributed by atoms with Crippen molar-refractivity contribution >= 4 is 17.7 Å². The lowest BCUT2D eigenvalue weighted by Crippen LogP contribution is -2.28. The first-order valence-corrected chi connectivity index (χ1v) is 7.88. The van der Waals surface area contributed by atoms with Gasteiger partial charge in [-0.1, -0.05) is 13.8 Å². The summed E-state index contributed by atoms with van der Waals surface area (Å²) in [6.07, 6.45) is 0.983. The van der Waals surface area contributed by atoms with Crippen LogP contribution in [0.5, 0.6) is 0 Å². The average molecular weight is 296 g/mol. The maximum absolute atomic E-state index is 12.6. The third kappa shape index (κ3) is 10.2. The van der Waals surface area contributed by atoms with Gasteiger partial charge in [0.1, 0.15) is 5.25 Å². The lowest BCUT2D eigenvalue weighted by atomic mass is 10.1. The number of hydrogen-bond acceptors (Lipinski definition) is 3. The largest absolute Gasteiger partial charge is 0.462 e. The zero-order chi connectivity index (χ0) is 15.1. The Bertz CT molecular complexity index is 263. The summed E-state index contributed by atoms with van der Waals surface area (Å²) in [5, 5.41) is -0.204. The summed E-state index contributed by atoms with van der Waals surface area (Å²) >= 11 is 1.51. The number of ether oxygens (including phenoxy) is 1. The zero-order valence-electron chi connectivity index (χ0n) is 12.5. The molecule has 114 valence electrons. The average Bonchev–Trinajstić information content (AvgIpc) is 2.19. The van der Waals surface area contributed by atoms with E-state index in [0.717, 1.165) is 6.92 Å². The SMILES string of the molecule is CC(C)OC(=O)C(SCCCCC(C)(F)F)C(C)C. The molecule has 5 heteroatoms. The number of carbonyl (C=O) groups excluding carboxylic acids is 1. The molecule has 0 amide bonds. The van der Waals surface area contributed by atoms with Crippen molar-refractivity contribution < 1.29 is 18.3 Å². The predicted molar refractivity (Wildman–Crippen MR) is 76.8 cm³/mol. The van der Waals surface area contributed by atoms with Crippen molar-refractivity contribution in [3.8, 4) is 0 Å². The van der Waals surface area contributed by atoms with Crippen LogP contribution in [0, 0.1) is 5.92 Å². The number of carbonyl (C=O) groups is 1. The van der Waals surface area contributed by atoms with Crippen LogP contribution in [0.15, 0.2) is 0 Å². The van der Waals surface area contributed by atoms with Gasteiger partial charge in [-0.25, -0.2) is 8.78 Å². The Hall–Kier alpha value is -0.320. The van der Waals surface area contributed by atoms with E-state index in [-0.39, 0.29) is 29.7 Å². The van der Waals surface area contributed by atoms with E-state index in [4.69, 9.17) is 4.74 Å². The second kappa shape index (κ2) is 8.77. The number of esters is 1. The fourth-order valence-corrected chi connectivity index (χ4v) is 2.78. The Morgan fingerprint density at radius 2 is 1.79 bits per heavy atom. The topological polar surface area (TPSA) is 26.3 Å². The molecule has 0 aliphatic carbocycles. The number of unbranched alkanes of at least 4 members (excludes halogenated alkanes) is 1. The summed E-state index contributed by atoms with van der Waals surface area (Å²) < 4.78 is 30.5. The molecular formula is C14H26F2O2S. The lowest BCUT2D eigenvalue weighted by Gasteiger charge is -2.20. The highest BCUT2D eigenvalue weighted by Gasteiger charge is 2.25. The van der Waals surface area contributed by atoms with Crippen molar-refractivity contribution in [2.24, 2.45) is 5.92 Å². The molecule has 0 bridgehead atoms. The highest BCUT2D eigenvalue weighted by Crippen LogP contribution is 2.25. The van der Waals surface area contributed by atoms with Crippen LogP contribution in [-0.4, -0.2) is 29.0 Å². The minimum absolute atomic E-state index is 0.0870. The Morgan fingerprint density at radius 3 is 2.21 bits per heavy atom. The molecule has 0 aromatic heterocycles. The maximum Gasteiger partial charge on any atom is 0.319 e. The van der Waals surface area contributed by atoms with Gasteiger partial charge in [0.15, 0.2) is 0 Å². The molecule has 19 heavy (non-hydrogen) atoms. The first-order chi connectivity index (χ1) is 8.63. The van der Waals surface area contributed by atoms with Gasteiger partial charge in [-0.3, -0.25) is 4.79 Å².